The second-order valence-electron chi connectivity index (χ2n) is 7.97. The summed E-state index contributed by atoms with van der Waals surface area (Å²) in [5, 5.41) is 3.47. The first-order valence-electron chi connectivity index (χ1n) is 10.1. The summed E-state index contributed by atoms with van der Waals surface area (Å²) in [4.78, 5) is 20.9. The van der Waals surface area contributed by atoms with Crippen molar-refractivity contribution in [3.8, 4) is 0 Å². The molecule has 2 saturated carbocycles. The lowest BCUT2D eigenvalue weighted by atomic mass is 9.79. The van der Waals surface area contributed by atoms with Gasteiger partial charge in [-0.3, -0.25) is 4.79 Å². The van der Waals surface area contributed by atoms with E-state index in [1.165, 1.54) is 51.4 Å². The van der Waals surface area contributed by atoms with E-state index in [0.29, 0.717) is 23.3 Å². The molecule has 0 aliphatic heterocycles. The van der Waals surface area contributed by atoms with Crippen LogP contribution in [-0.4, -0.2) is 21.9 Å². The van der Waals surface area contributed by atoms with Crippen LogP contribution in [0.4, 0.5) is 5.82 Å². The van der Waals surface area contributed by atoms with Crippen molar-refractivity contribution in [1.82, 2.24) is 9.97 Å². The lowest BCUT2D eigenvalue weighted by Crippen LogP contribution is -2.26. The van der Waals surface area contributed by atoms with Crippen LogP contribution in [-0.2, 0) is 6.42 Å². The highest BCUT2D eigenvalue weighted by atomic mass is 16.1. The minimum atomic E-state index is -0.454. The lowest BCUT2D eigenvalue weighted by Gasteiger charge is -2.27. The molecule has 1 aromatic heterocycles. The second-order valence-corrected chi connectivity index (χ2v) is 7.97. The third-order valence-electron chi connectivity index (χ3n) is 6.01. The molecule has 0 saturated heterocycles. The van der Waals surface area contributed by atoms with E-state index in [2.05, 4.69) is 17.2 Å². The highest BCUT2D eigenvalue weighted by molar-refractivity contribution is 5.97. The zero-order valence-electron chi connectivity index (χ0n) is 15.5. The van der Waals surface area contributed by atoms with Gasteiger partial charge in [-0.25, -0.2) is 9.97 Å². The van der Waals surface area contributed by atoms with E-state index >= 15 is 0 Å². The van der Waals surface area contributed by atoms with Crippen molar-refractivity contribution in [1.29, 1.82) is 0 Å². The van der Waals surface area contributed by atoms with Gasteiger partial charge in [0, 0.05) is 18.7 Å². The van der Waals surface area contributed by atoms with E-state index in [0.717, 1.165) is 31.0 Å². The molecule has 0 unspecified atom stereocenters. The number of nitrogens with two attached hydrogens (primary N) is 1. The first kappa shape index (κ1) is 18.2. The van der Waals surface area contributed by atoms with Crippen LogP contribution in [0.25, 0.3) is 0 Å². The second kappa shape index (κ2) is 8.63. The molecule has 2 fully saturated rings. The Balaban J connectivity index is 1.71. The van der Waals surface area contributed by atoms with E-state index in [-0.39, 0.29) is 0 Å². The molecule has 3 rings (SSSR count). The van der Waals surface area contributed by atoms with Crippen molar-refractivity contribution in [3.63, 3.8) is 0 Å². The molecule has 1 atom stereocenters. The standard InChI is InChI=1S/C20H32N4O/c1-14(15-8-4-2-5-9-15)12-18-22-13-17(19(21)25)20(24-18)23-16-10-6-3-7-11-16/h13-16H,2-12H2,1H3,(H2,21,25)(H,22,23,24)/t14-/m1/s1. The molecule has 0 bridgehead atoms. The minimum Gasteiger partial charge on any atom is -0.367 e. The lowest BCUT2D eigenvalue weighted by molar-refractivity contribution is 0.100. The number of carbonyl (C=O) groups excluding carboxylic acids is 1. The molecule has 2 aliphatic carbocycles. The Morgan fingerprint density at radius 2 is 1.80 bits per heavy atom. The topological polar surface area (TPSA) is 80.9 Å². The van der Waals surface area contributed by atoms with Gasteiger partial charge in [-0.1, -0.05) is 58.3 Å². The molecule has 25 heavy (non-hydrogen) atoms. The van der Waals surface area contributed by atoms with Gasteiger partial charge in [-0.05, 0) is 24.7 Å². The Morgan fingerprint density at radius 1 is 1.16 bits per heavy atom. The predicted molar refractivity (Wildman–Crippen MR) is 100 cm³/mol. The number of rotatable bonds is 6. The van der Waals surface area contributed by atoms with E-state index in [1.54, 1.807) is 6.20 Å². The molecule has 1 heterocycles. The van der Waals surface area contributed by atoms with Gasteiger partial charge in [0.05, 0.1) is 5.56 Å². The maximum absolute atomic E-state index is 11.7. The number of aromatic nitrogens is 2. The third-order valence-corrected chi connectivity index (χ3v) is 6.01. The molecule has 0 aromatic carbocycles. The van der Waals surface area contributed by atoms with Crippen molar-refractivity contribution in [2.45, 2.75) is 83.6 Å². The van der Waals surface area contributed by atoms with Crippen LogP contribution in [0.5, 0.6) is 0 Å². The van der Waals surface area contributed by atoms with E-state index in [9.17, 15) is 4.79 Å². The van der Waals surface area contributed by atoms with Crippen molar-refractivity contribution in [3.05, 3.63) is 17.6 Å². The Morgan fingerprint density at radius 3 is 2.44 bits per heavy atom. The molecule has 1 amide bonds. The fourth-order valence-electron chi connectivity index (χ4n) is 4.41. The van der Waals surface area contributed by atoms with Crippen LogP contribution >= 0.6 is 0 Å². The molecule has 138 valence electrons. The summed E-state index contributed by atoms with van der Waals surface area (Å²) in [5.41, 5.74) is 5.95. The Labute approximate surface area is 151 Å². The maximum atomic E-state index is 11.7. The first-order chi connectivity index (χ1) is 12.1. The highest BCUT2D eigenvalue weighted by Crippen LogP contribution is 2.31. The van der Waals surface area contributed by atoms with Gasteiger partial charge in [0.15, 0.2) is 0 Å². The molecule has 5 heteroatoms. The van der Waals surface area contributed by atoms with Crippen molar-refractivity contribution in [2.75, 3.05) is 5.32 Å². The number of amides is 1. The molecule has 0 radical (unpaired) electrons. The minimum absolute atomic E-state index is 0.394. The summed E-state index contributed by atoms with van der Waals surface area (Å²) in [6, 6.07) is 0.394. The summed E-state index contributed by atoms with van der Waals surface area (Å²) < 4.78 is 0. The fourth-order valence-corrected chi connectivity index (χ4v) is 4.41. The van der Waals surface area contributed by atoms with Gasteiger partial charge >= 0.3 is 0 Å². The zero-order valence-corrected chi connectivity index (χ0v) is 15.5. The maximum Gasteiger partial charge on any atom is 0.254 e. The number of primary amides is 1. The number of anilines is 1. The largest absolute Gasteiger partial charge is 0.367 e. The molecular weight excluding hydrogens is 312 g/mol. The average molecular weight is 345 g/mol. The van der Waals surface area contributed by atoms with Crippen LogP contribution in [0.15, 0.2) is 6.20 Å². The van der Waals surface area contributed by atoms with Gasteiger partial charge < -0.3 is 11.1 Å². The summed E-state index contributed by atoms with van der Waals surface area (Å²) >= 11 is 0. The smallest absolute Gasteiger partial charge is 0.254 e. The van der Waals surface area contributed by atoms with Crippen molar-refractivity contribution in [2.24, 2.45) is 17.6 Å². The summed E-state index contributed by atoms with van der Waals surface area (Å²) in [6.45, 7) is 2.32. The monoisotopic (exact) mass is 344 g/mol. The van der Waals surface area contributed by atoms with Gasteiger partial charge in [0.2, 0.25) is 0 Å². The Kier molecular flexibility index (Phi) is 6.27. The van der Waals surface area contributed by atoms with Gasteiger partial charge in [-0.15, -0.1) is 0 Å². The normalized spacial score (nSPS) is 21.0. The number of hydrogen-bond donors (Lipinski definition) is 2. The SMILES string of the molecule is C[C@H](Cc1ncc(C(N)=O)c(NC2CCCCC2)n1)C1CCCCC1. The average Bonchev–Trinajstić information content (AvgIpc) is 2.63. The fraction of sp³-hybridized carbons (Fsp3) is 0.750. The van der Waals surface area contributed by atoms with Gasteiger partial charge in [-0.2, -0.15) is 0 Å². The number of carbonyl (C=O) groups is 1. The van der Waals surface area contributed by atoms with Crippen LogP contribution in [0.3, 0.4) is 0 Å². The first-order valence-corrected chi connectivity index (χ1v) is 10.1. The molecule has 0 spiro atoms. The van der Waals surface area contributed by atoms with E-state index in [1.807, 2.05) is 0 Å². The number of hydrogen-bond acceptors (Lipinski definition) is 4. The van der Waals surface area contributed by atoms with E-state index < -0.39 is 5.91 Å². The van der Waals surface area contributed by atoms with Gasteiger partial charge in [0.25, 0.3) is 5.91 Å². The molecule has 1 aromatic rings. The van der Waals surface area contributed by atoms with Crippen LogP contribution in [0, 0.1) is 11.8 Å². The van der Waals surface area contributed by atoms with Crippen molar-refractivity contribution < 1.29 is 4.79 Å². The summed E-state index contributed by atoms with van der Waals surface area (Å²) in [5.74, 6) is 2.39. The quantitative estimate of drug-likeness (QED) is 0.815. The predicted octanol–water partition coefficient (Wildman–Crippen LogP) is 4.08. The number of nitrogens with zero attached hydrogens (tertiary/aromatic N) is 2. The van der Waals surface area contributed by atoms with Crippen LogP contribution in [0.2, 0.25) is 0 Å². The highest BCUT2D eigenvalue weighted by Gasteiger charge is 2.23. The molecule has 3 N–H and O–H groups in total. The van der Waals surface area contributed by atoms with E-state index in [4.69, 9.17) is 10.7 Å². The van der Waals surface area contributed by atoms with Crippen LogP contribution in [0.1, 0.15) is 87.3 Å². The molecule has 2 aliphatic rings. The third kappa shape index (κ3) is 4.93. The summed E-state index contributed by atoms with van der Waals surface area (Å²) in [6.07, 6.45) is 15.3. The Hall–Kier alpha value is -1.65. The van der Waals surface area contributed by atoms with Gasteiger partial charge in [0.1, 0.15) is 11.6 Å². The molecule has 5 nitrogen and oxygen atoms in total. The van der Waals surface area contributed by atoms with Crippen molar-refractivity contribution >= 4 is 11.7 Å². The summed E-state index contributed by atoms with van der Waals surface area (Å²) in [7, 11) is 0. The number of nitrogens with one attached hydrogen (secondary N) is 1. The van der Waals surface area contributed by atoms with Crippen LogP contribution < -0.4 is 11.1 Å². The zero-order chi connectivity index (χ0) is 17.6. The Bertz CT molecular complexity index is 577. The molecular formula is C20H32N4O.